The van der Waals surface area contributed by atoms with Gasteiger partial charge in [0.25, 0.3) is 0 Å². The molecule has 11 aromatic rings. The lowest BCUT2D eigenvalue weighted by Gasteiger charge is -2.11. The van der Waals surface area contributed by atoms with Crippen LogP contribution in [-0.2, 0) is 0 Å². The zero-order valence-electron chi connectivity index (χ0n) is 31.7. The third-order valence-corrected chi connectivity index (χ3v) is 10.8. The summed E-state index contributed by atoms with van der Waals surface area (Å²) >= 11 is 0. The molecule has 6 nitrogen and oxygen atoms in total. The third-order valence-electron chi connectivity index (χ3n) is 10.8. The van der Waals surface area contributed by atoms with Gasteiger partial charge in [-0.2, -0.15) is 0 Å². The number of fused-ring (bicyclic) bond motifs is 4. The topological polar surface area (TPSA) is 77.6 Å². The van der Waals surface area contributed by atoms with E-state index in [1.807, 2.05) is 60.7 Å². The molecule has 0 spiro atoms. The fourth-order valence-electron chi connectivity index (χ4n) is 7.68. The Hall–Kier alpha value is -8.09. The molecule has 0 fully saturated rings. The zero-order chi connectivity index (χ0) is 39.1. The standard InChI is InChI=1S/C53H33N5O/c1-3-11-34(12-4-1)35-21-25-38(26-22-35)51-56-50(37-13-5-2-6-14-37)57-52(58-51)39-27-23-36(24-28-39)40-15-9-16-41(31-40)42-17-10-18-43(32-42)44-29-30-45-48(33-44)59-53-49(45)54-46-19-7-8-20-47(46)55-53/h1-33H. The van der Waals surface area contributed by atoms with Gasteiger partial charge in [-0.3, -0.25) is 0 Å². The van der Waals surface area contributed by atoms with Crippen LogP contribution in [0.2, 0.25) is 0 Å². The summed E-state index contributed by atoms with van der Waals surface area (Å²) < 4.78 is 6.22. The predicted molar refractivity (Wildman–Crippen MR) is 238 cm³/mol. The minimum atomic E-state index is 0.550. The first-order valence-electron chi connectivity index (χ1n) is 19.6. The molecule has 8 aromatic carbocycles. The molecule has 0 saturated heterocycles. The van der Waals surface area contributed by atoms with Crippen molar-refractivity contribution in [3.05, 3.63) is 200 Å². The molecule has 0 atom stereocenters. The molecule has 276 valence electrons. The Morgan fingerprint density at radius 1 is 0.271 bits per heavy atom. The number of aromatic nitrogens is 5. The van der Waals surface area contributed by atoms with Crippen LogP contribution in [-0.4, -0.2) is 24.9 Å². The highest BCUT2D eigenvalue weighted by atomic mass is 16.3. The van der Waals surface area contributed by atoms with Gasteiger partial charge in [0.1, 0.15) is 11.1 Å². The normalized spacial score (nSPS) is 11.4. The Morgan fingerprint density at radius 3 is 1.20 bits per heavy atom. The molecular weight excluding hydrogens is 723 g/mol. The molecule has 0 saturated carbocycles. The molecule has 3 aromatic heterocycles. The Kier molecular flexibility index (Phi) is 8.37. The Labute approximate surface area is 340 Å². The first kappa shape index (κ1) is 34.2. The van der Waals surface area contributed by atoms with E-state index in [1.165, 1.54) is 5.56 Å². The van der Waals surface area contributed by atoms with Crippen LogP contribution in [0.3, 0.4) is 0 Å². The van der Waals surface area contributed by atoms with Crippen molar-refractivity contribution in [3.63, 3.8) is 0 Å². The fraction of sp³-hybridized carbons (Fsp3) is 0. The highest BCUT2D eigenvalue weighted by molar-refractivity contribution is 6.04. The second-order valence-corrected chi connectivity index (χ2v) is 14.5. The van der Waals surface area contributed by atoms with Crippen molar-refractivity contribution < 1.29 is 4.42 Å². The van der Waals surface area contributed by atoms with Crippen molar-refractivity contribution in [1.29, 1.82) is 0 Å². The van der Waals surface area contributed by atoms with E-state index in [1.54, 1.807) is 0 Å². The zero-order valence-corrected chi connectivity index (χ0v) is 31.7. The van der Waals surface area contributed by atoms with Crippen molar-refractivity contribution in [3.8, 4) is 78.7 Å². The summed E-state index contributed by atoms with van der Waals surface area (Å²) in [7, 11) is 0. The van der Waals surface area contributed by atoms with Crippen LogP contribution in [0.4, 0.5) is 0 Å². The molecular formula is C53H33N5O. The van der Waals surface area contributed by atoms with E-state index < -0.39 is 0 Å². The average molecular weight is 756 g/mol. The fourth-order valence-corrected chi connectivity index (χ4v) is 7.68. The van der Waals surface area contributed by atoms with Crippen LogP contribution < -0.4 is 0 Å². The van der Waals surface area contributed by atoms with Crippen LogP contribution in [0.15, 0.2) is 205 Å². The molecule has 59 heavy (non-hydrogen) atoms. The first-order valence-corrected chi connectivity index (χ1v) is 19.6. The molecule has 0 aliphatic heterocycles. The molecule has 0 aliphatic carbocycles. The maximum Gasteiger partial charge on any atom is 0.246 e. The summed E-state index contributed by atoms with van der Waals surface area (Å²) in [4.78, 5) is 24.5. The number of benzene rings is 8. The number of para-hydroxylation sites is 2. The number of hydrogen-bond donors (Lipinski definition) is 0. The van der Waals surface area contributed by atoms with E-state index in [2.05, 4.69) is 140 Å². The maximum absolute atomic E-state index is 6.22. The summed E-state index contributed by atoms with van der Waals surface area (Å²) in [6.45, 7) is 0. The largest absolute Gasteiger partial charge is 0.436 e. The highest BCUT2D eigenvalue weighted by Gasteiger charge is 2.15. The molecule has 0 unspecified atom stereocenters. The minimum absolute atomic E-state index is 0.550. The smallest absolute Gasteiger partial charge is 0.246 e. The van der Waals surface area contributed by atoms with E-state index in [0.717, 1.165) is 83.2 Å². The average Bonchev–Trinajstić information content (AvgIpc) is 3.68. The lowest BCUT2D eigenvalue weighted by atomic mass is 9.95. The Morgan fingerprint density at radius 2 is 0.644 bits per heavy atom. The lowest BCUT2D eigenvalue weighted by molar-refractivity contribution is 0.655. The van der Waals surface area contributed by atoms with Crippen LogP contribution in [0.25, 0.3) is 112 Å². The van der Waals surface area contributed by atoms with E-state index >= 15 is 0 Å². The van der Waals surface area contributed by atoms with Crippen molar-refractivity contribution in [2.45, 2.75) is 0 Å². The van der Waals surface area contributed by atoms with Gasteiger partial charge in [-0.1, -0.05) is 164 Å². The predicted octanol–water partition coefficient (Wildman–Crippen LogP) is 13.4. The van der Waals surface area contributed by atoms with Crippen LogP contribution in [0.5, 0.6) is 0 Å². The number of furan rings is 1. The van der Waals surface area contributed by atoms with Gasteiger partial charge in [0.05, 0.1) is 11.0 Å². The monoisotopic (exact) mass is 755 g/mol. The molecule has 0 N–H and O–H groups in total. The van der Waals surface area contributed by atoms with Crippen molar-refractivity contribution in [2.75, 3.05) is 0 Å². The molecule has 3 heterocycles. The van der Waals surface area contributed by atoms with Crippen LogP contribution in [0.1, 0.15) is 0 Å². The molecule has 0 bridgehead atoms. The maximum atomic E-state index is 6.22. The highest BCUT2D eigenvalue weighted by Crippen LogP contribution is 2.35. The van der Waals surface area contributed by atoms with E-state index in [0.29, 0.717) is 23.2 Å². The molecule has 0 amide bonds. The van der Waals surface area contributed by atoms with Crippen molar-refractivity contribution in [2.24, 2.45) is 0 Å². The third kappa shape index (κ3) is 6.58. The van der Waals surface area contributed by atoms with Gasteiger partial charge < -0.3 is 4.42 Å². The van der Waals surface area contributed by atoms with Gasteiger partial charge in [0.2, 0.25) is 5.71 Å². The minimum Gasteiger partial charge on any atom is -0.436 e. The summed E-state index contributed by atoms with van der Waals surface area (Å²) in [5.41, 5.74) is 15.5. The van der Waals surface area contributed by atoms with Gasteiger partial charge in [0, 0.05) is 22.1 Å². The lowest BCUT2D eigenvalue weighted by Crippen LogP contribution is -2.00. The van der Waals surface area contributed by atoms with Crippen molar-refractivity contribution >= 4 is 33.2 Å². The van der Waals surface area contributed by atoms with Gasteiger partial charge in [-0.05, 0) is 80.9 Å². The summed E-state index contributed by atoms with van der Waals surface area (Å²) in [6.07, 6.45) is 0. The number of hydrogen-bond acceptors (Lipinski definition) is 6. The van der Waals surface area contributed by atoms with Gasteiger partial charge in [-0.25, -0.2) is 24.9 Å². The van der Waals surface area contributed by atoms with E-state index in [4.69, 9.17) is 29.3 Å². The Bertz CT molecular complexity index is 3310. The summed E-state index contributed by atoms with van der Waals surface area (Å²) in [5, 5.41) is 0.957. The second-order valence-electron chi connectivity index (χ2n) is 14.5. The van der Waals surface area contributed by atoms with Crippen LogP contribution >= 0.6 is 0 Å². The van der Waals surface area contributed by atoms with Gasteiger partial charge in [0.15, 0.2) is 17.5 Å². The SMILES string of the molecule is c1ccc(-c2ccc(-c3nc(-c4ccccc4)nc(-c4ccc(-c5cccc(-c6cccc(-c7ccc8c(c7)oc7nc9ccccc9nc78)c6)c5)cc4)n3)cc2)cc1. The number of nitrogens with zero attached hydrogens (tertiary/aromatic N) is 5. The van der Waals surface area contributed by atoms with Crippen LogP contribution in [0, 0.1) is 0 Å². The molecule has 11 rings (SSSR count). The Balaban J connectivity index is 0.889. The van der Waals surface area contributed by atoms with Gasteiger partial charge in [-0.15, -0.1) is 0 Å². The van der Waals surface area contributed by atoms with E-state index in [9.17, 15) is 0 Å². The summed E-state index contributed by atoms with van der Waals surface area (Å²) in [5.74, 6) is 1.89. The quantitative estimate of drug-likeness (QED) is 0.161. The van der Waals surface area contributed by atoms with Crippen molar-refractivity contribution in [1.82, 2.24) is 24.9 Å². The summed E-state index contributed by atoms with van der Waals surface area (Å²) in [6, 6.07) is 68.8. The first-order chi connectivity index (χ1) is 29.2. The molecule has 0 radical (unpaired) electrons. The molecule has 6 heteroatoms. The second kappa shape index (κ2) is 14.4. The van der Waals surface area contributed by atoms with E-state index in [-0.39, 0.29) is 0 Å². The number of rotatable bonds is 7. The molecule has 0 aliphatic rings. The van der Waals surface area contributed by atoms with Gasteiger partial charge >= 0.3 is 0 Å².